The Balaban J connectivity index is 1.95. The SMILES string of the molecule is Cc1cccc(C)c1NC(=O)[C@@H](c1cccc([N+](=O)[O-])c1)N1CCOCC1. The number of amides is 1. The van der Waals surface area contributed by atoms with Gasteiger partial charge in [0.05, 0.1) is 18.1 Å². The van der Waals surface area contributed by atoms with E-state index in [4.69, 9.17) is 4.74 Å². The fraction of sp³-hybridized carbons (Fsp3) is 0.350. The standard InChI is InChI=1S/C20H23N3O4/c1-14-5-3-6-15(2)18(14)21-20(24)19(22-9-11-27-12-10-22)16-7-4-8-17(13-16)23(25)26/h3-8,13,19H,9-12H2,1-2H3,(H,21,24)/t19-/m1/s1. The number of anilines is 1. The number of rotatable bonds is 5. The van der Waals surface area contributed by atoms with Gasteiger partial charge in [-0.3, -0.25) is 19.8 Å². The van der Waals surface area contributed by atoms with Gasteiger partial charge in [-0.1, -0.05) is 30.3 Å². The summed E-state index contributed by atoms with van der Waals surface area (Å²) in [6.07, 6.45) is 0. The molecule has 0 spiro atoms. The molecule has 1 N–H and O–H groups in total. The first-order chi connectivity index (χ1) is 13.0. The maximum atomic E-state index is 13.2. The van der Waals surface area contributed by atoms with Crippen molar-refractivity contribution in [2.75, 3.05) is 31.6 Å². The molecule has 0 aromatic heterocycles. The third-order valence-electron chi connectivity index (χ3n) is 4.79. The van der Waals surface area contributed by atoms with Crippen LogP contribution in [0.4, 0.5) is 11.4 Å². The number of carbonyl (C=O) groups is 1. The number of aryl methyl sites for hydroxylation is 2. The average Bonchev–Trinajstić information content (AvgIpc) is 2.66. The van der Waals surface area contributed by atoms with Crippen molar-refractivity contribution in [1.82, 2.24) is 4.90 Å². The van der Waals surface area contributed by atoms with Gasteiger partial charge in [-0.05, 0) is 30.5 Å². The highest BCUT2D eigenvalue weighted by Crippen LogP contribution is 2.28. The zero-order valence-electron chi connectivity index (χ0n) is 15.5. The maximum Gasteiger partial charge on any atom is 0.269 e. The van der Waals surface area contributed by atoms with Crippen molar-refractivity contribution in [1.29, 1.82) is 0 Å². The highest BCUT2D eigenvalue weighted by molar-refractivity contribution is 5.97. The number of nitrogens with one attached hydrogen (secondary N) is 1. The van der Waals surface area contributed by atoms with E-state index in [-0.39, 0.29) is 11.6 Å². The van der Waals surface area contributed by atoms with E-state index in [9.17, 15) is 14.9 Å². The van der Waals surface area contributed by atoms with Crippen molar-refractivity contribution < 1.29 is 14.5 Å². The molecule has 142 valence electrons. The molecular formula is C20H23N3O4. The zero-order chi connectivity index (χ0) is 19.4. The van der Waals surface area contributed by atoms with Gasteiger partial charge in [0.2, 0.25) is 5.91 Å². The second-order valence-electron chi connectivity index (χ2n) is 6.66. The minimum atomic E-state index is -0.618. The van der Waals surface area contributed by atoms with Crippen molar-refractivity contribution >= 4 is 17.3 Å². The van der Waals surface area contributed by atoms with Gasteiger partial charge in [-0.25, -0.2) is 0 Å². The number of morpholine rings is 1. The molecular weight excluding hydrogens is 346 g/mol. The molecule has 2 aromatic carbocycles. The Labute approximate surface area is 158 Å². The fourth-order valence-electron chi connectivity index (χ4n) is 3.38. The smallest absolute Gasteiger partial charge is 0.269 e. The van der Waals surface area contributed by atoms with Gasteiger partial charge in [0.1, 0.15) is 6.04 Å². The normalized spacial score (nSPS) is 15.9. The van der Waals surface area contributed by atoms with E-state index < -0.39 is 11.0 Å². The topological polar surface area (TPSA) is 84.7 Å². The Bertz CT molecular complexity index is 827. The molecule has 1 heterocycles. The molecule has 1 fully saturated rings. The Morgan fingerprint density at radius 1 is 1.15 bits per heavy atom. The van der Waals surface area contributed by atoms with E-state index in [0.29, 0.717) is 31.9 Å². The van der Waals surface area contributed by atoms with Crippen molar-refractivity contribution in [3.8, 4) is 0 Å². The Hall–Kier alpha value is -2.77. The number of benzene rings is 2. The van der Waals surface area contributed by atoms with Gasteiger partial charge in [-0.15, -0.1) is 0 Å². The Morgan fingerprint density at radius 2 is 1.78 bits per heavy atom. The monoisotopic (exact) mass is 369 g/mol. The number of para-hydroxylation sites is 1. The van der Waals surface area contributed by atoms with E-state index in [1.807, 2.05) is 36.9 Å². The molecule has 0 aliphatic carbocycles. The van der Waals surface area contributed by atoms with E-state index in [2.05, 4.69) is 5.32 Å². The van der Waals surface area contributed by atoms with Gasteiger partial charge >= 0.3 is 0 Å². The van der Waals surface area contributed by atoms with E-state index in [1.54, 1.807) is 12.1 Å². The summed E-state index contributed by atoms with van der Waals surface area (Å²) in [7, 11) is 0. The van der Waals surface area contributed by atoms with Gasteiger partial charge in [-0.2, -0.15) is 0 Å². The van der Waals surface area contributed by atoms with Crippen molar-refractivity contribution in [3.63, 3.8) is 0 Å². The minimum absolute atomic E-state index is 0.0226. The Kier molecular flexibility index (Phi) is 5.83. The molecule has 0 radical (unpaired) electrons. The second kappa shape index (κ2) is 8.28. The van der Waals surface area contributed by atoms with Crippen LogP contribution < -0.4 is 5.32 Å². The first-order valence-corrected chi connectivity index (χ1v) is 8.90. The molecule has 1 aliphatic rings. The summed E-state index contributed by atoms with van der Waals surface area (Å²) >= 11 is 0. The third kappa shape index (κ3) is 4.32. The van der Waals surface area contributed by atoms with Gasteiger partial charge in [0.15, 0.2) is 0 Å². The lowest BCUT2D eigenvalue weighted by Gasteiger charge is -2.34. The number of ether oxygens (including phenoxy) is 1. The third-order valence-corrected chi connectivity index (χ3v) is 4.79. The minimum Gasteiger partial charge on any atom is -0.379 e. The molecule has 0 bridgehead atoms. The molecule has 0 saturated carbocycles. The van der Waals surface area contributed by atoms with E-state index >= 15 is 0 Å². The van der Waals surface area contributed by atoms with Gasteiger partial charge in [0, 0.05) is 30.9 Å². The molecule has 7 nitrogen and oxygen atoms in total. The predicted molar refractivity (Wildman–Crippen MR) is 103 cm³/mol. The van der Waals surface area contributed by atoms with E-state index in [1.165, 1.54) is 12.1 Å². The summed E-state index contributed by atoms with van der Waals surface area (Å²) in [4.78, 5) is 26.0. The van der Waals surface area contributed by atoms with Crippen LogP contribution in [0.1, 0.15) is 22.7 Å². The van der Waals surface area contributed by atoms with Crippen molar-refractivity contribution in [3.05, 3.63) is 69.3 Å². The van der Waals surface area contributed by atoms with Crippen LogP contribution in [0.2, 0.25) is 0 Å². The number of nitro groups is 1. The summed E-state index contributed by atoms with van der Waals surface area (Å²) in [5, 5.41) is 14.2. The summed E-state index contributed by atoms with van der Waals surface area (Å²) in [6, 6.07) is 11.5. The zero-order valence-corrected chi connectivity index (χ0v) is 15.5. The predicted octanol–water partition coefficient (Wildman–Crippen LogP) is 3.22. The molecule has 1 amide bonds. The van der Waals surface area contributed by atoms with Crippen molar-refractivity contribution in [2.45, 2.75) is 19.9 Å². The number of nitrogens with zero attached hydrogens (tertiary/aromatic N) is 2. The lowest BCUT2D eigenvalue weighted by atomic mass is 10.0. The highest BCUT2D eigenvalue weighted by atomic mass is 16.6. The van der Waals surface area contributed by atoms with Crippen LogP contribution in [-0.4, -0.2) is 42.0 Å². The number of carbonyl (C=O) groups excluding carboxylic acids is 1. The van der Waals surface area contributed by atoms with E-state index in [0.717, 1.165) is 16.8 Å². The van der Waals surface area contributed by atoms with Crippen molar-refractivity contribution in [2.24, 2.45) is 0 Å². The average molecular weight is 369 g/mol. The molecule has 1 atom stereocenters. The summed E-state index contributed by atoms with van der Waals surface area (Å²) in [5.41, 5.74) is 3.32. The number of nitro benzene ring substituents is 1. The number of non-ortho nitro benzene ring substituents is 1. The van der Waals surface area contributed by atoms with Crippen LogP contribution in [0, 0.1) is 24.0 Å². The highest BCUT2D eigenvalue weighted by Gasteiger charge is 2.30. The van der Waals surface area contributed by atoms with Crippen LogP contribution in [0.3, 0.4) is 0 Å². The fourth-order valence-corrected chi connectivity index (χ4v) is 3.38. The lowest BCUT2D eigenvalue weighted by Crippen LogP contribution is -2.44. The molecule has 1 saturated heterocycles. The van der Waals surface area contributed by atoms with Crippen LogP contribution >= 0.6 is 0 Å². The number of hydrogen-bond acceptors (Lipinski definition) is 5. The van der Waals surface area contributed by atoms with Crippen LogP contribution in [0.5, 0.6) is 0 Å². The second-order valence-corrected chi connectivity index (χ2v) is 6.66. The molecule has 7 heteroatoms. The maximum absolute atomic E-state index is 13.2. The quantitative estimate of drug-likeness (QED) is 0.646. The van der Waals surface area contributed by atoms with Gasteiger partial charge in [0.25, 0.3) is 5.69 Å². The van der Waals surface area contributed by atoms with Crippen LogP contribution in [0.25, 0.3) is 0 Å². The molecule has 1 aliphatic heterocycles. The summed E-state index contributed by atoms with van der Waals surface area (Å²) in [6.45, 7) is 6.13. The first kappa shape index (κ1) is 19.0. The molecule has 0 unspecified atom stereocenters. The lowest BCUT2D eigenvalue weighted by molar-refractivity contribution is -0.384. The van der Waals surface area contributed by atoms with Gasteiger partial charge < -0.3 is 10.1 Å². The first-order valence-electron chi connectivity index (χ1n) is 8.90. The molecule has 3 rings (SSSR count). The largest absolute Gasteiger partial charge is 0.379 e. The Morgan fingerprint density at radius 3 is 2.41 bits per heavy atom. The van der Waals surface area contributed by atoms with Crippen LogP contribution in [-0.2, 0) is 9.53 Å². The molecule has 27 heavy (non-hydrogen) atoms. The summed E-state index contributed by atoms with van der Waals surface area (Å²) < 4.78 is 5.40. The summed E-state index contributed by atoms with van der Waals surface area (Å²) in [5.74, 6) is -0.199. The number of hydrogen-bond donors (Lipinski definition) is 1. The van der Waals surface area contributed by atoms with Crippen LogP contribution in [0.15, 0.2) is 42.5 Å². The molecule has 2 aromatic rings.